The van der Waals surface area contributed by atoms with Crippen LogP contribution in [0.1, 0.15) is 12.5 Å². The zero-order valence-electron chi connectivity index (χ0n) is 15.9. The molecule has 0 heterocycles. The van der Waals surface area contributed by atoms with E-state index in [0.29, 0.717) is 5.75 Å². The highest BCUT2D eigenvalue weighted by molar-refractivity contribution is 6.02. The lowest BCUT2D eigenvalue weighted by Crippen LogP contribution is -2.27. The lowest BCUT2D eigenvalue weighted by molar-refractivity contribution is -0.132. The number of hydrogen-bond acceptors (Lipinski definition) is 3. The van der Waals surface area contributed by atoms with Crippen LogP contribution in [-0.2, 0) is 9.59 Å². The van der Waals surface area contributed by atoms with Crippen molar-refractivity contribution in [3.63, 3.8) is 0 Å². The number of nitrogens with one attached hydrogen (secondary N) is 1. The van der Waals surface area contributed by atoms with Crippen molar-refractivity contribution in [1.82, 2.24) is 5.32 Å². The molecule has 0 spiro atoms. The molecule has 0 aliphatic carbocycles. The number of carbonyl (C=O) groups excluding carboxylic acids is 2. The summed E-state index contributed by atoms with van der Waals surface area (Å²) in [5, 5.41) is 6.44. The van der Waals surface area contributed by atoms with E-state index in [1.165, 1.54) is 6.92 Å². The summed E-state index contributed by atoms with van der Waals surface area (Å²) in [6.45, 7) is 1.36. The van der Waals surface area contributed by atoms with Crippen molar-refractivity contribution < 1.29 is 14.3 Å². The van der Waals surface area contributed by atoms with Crippen LogP contribution in [0.5, 0.6) is 5.75 Å². The molecule has 4 aromatic rings. The topological polar surface area (TPSA) is 55.4 Å². The molecule has 0 unspecified atom stereocenters. The molecule has 4 nitrogen and oxygen atoms in total. The van der Waals surface area contributed by atoms with Gasteiger partial charge in [0.2, 0.25) is 5.91 Å². The number of hydrogen-bond donors (Lipinski definition) is 1. The predicted octanol–water partition coefficient (Wildman–Crippen LogP) is 5.08. The summed E-state index contributed by atoms with van der Waals surface area (Å²) < 4.78 is 5.65. The van der Waals surface area contributed by atoms with Gasteiger partial charge in [-0.15, -0.1) is 0 Å². The Bertz CT molecular complexity index is 1250. The Hall–Kier alpha value is -3.92. The maximum atomic E-state index is 12.9. The molecule has 0 aromatic heterocycles. The van der Waals surface area contributed by atoms with E-state index in [-0.39, 0.29) is 11.6 Å². The van der Waals surface area contributed by atoms with Crippen molar-refractivity contribution in [3.8, 4) is 5.75 Å². The van der Waals surface area contributed by atoms with Gasteiger partial charge >= 0.3 is 5.97 Å². The first kappa shape index (κ1) is 18.4. The molecule has 29 heavy (non-hydrogen) atoms. The Morgan fingerprint density at radius 1 is 0.759 bits per heavy atom. The first-order valence-electron chi connectivity index (χ1n) is 9.29. The highest BCUT2D eigenvalue weighted by atomic mass is 16.5. The van der Waals surface area contributed by atoms with Gasteiger partial charge in [-0.25, -0.2) is 4.79 Å². The Labute approximate surface area is 168 Å². The molecule has 1 amide bonds. The number of rotatable bonds is 4. The monoisotopic (exact) mass is 381 g/mol. The first-order chi connectivity index (χ1) is 14.1. The smallest absolute Gasteiger partial charge is 0.360 e. The van der Waals surface area contributed by atoms with Crippen molar-refractivity contribution in [1.29, 1.82) is 0 Å². The number of amides is 1. The lowest BCUT2D eigenvalue weighted by Gasteiger charge is -2.11. The third kappa shape index (κ3) is 4.01. The normalized spacial score (nSPS) is 11.4. The largest absolute Gasteiger partial charge is 0.421 e. The van der Waals surface area contributed by atoms with E-state index in [9.17, 15) is 9.59 Å². The summed E-state index contributed by atoms with van der Waals surface area (Å²) in [4.78, 5) is 24.6. The predicted molar refractivity (Wildman–Crippen MR) is 115 cm³/mol. The first-order valence-corrected chi connectivity index (χ1v) is 9.29. The van der Waals surface area contributed by atoms with Crippen LogP contribution >= 0.6 is 0 Å². The van der Waals surface area contributed by atoms with Gasteiger partial charge in [-0.2, -0.15) is 0 Å². The van der Waals surface area contributed by atoms with Crippen LogP contribution in [0.2, 0.25) is 0 Å². The van der Waals surface area contributed by atoms with Crippen molar-refractivity contribution in [2.24, 2.45) is 0 Å². The van der Waals surface area contributed by atoms with Crippen LogP contribution in [-0.4, -0.2) is 11.9 Å². The minimum absolute atomic E-state index is 0.0850. The molecule has 142 valence electrons. The fourth-order valence-electron chi connectivity index (χ4n) is 3.31. The van der Waals surface area contributed by atoms with Crippen molar-refractivity contribution in [3.05, 3.63) is 96.2 Å². The fraction of sp³-hybridized carbons (Fsp3) is 0.0400. The van der Waals surface area contributed by atoms with E-state index in [4.69, 9.17) is 4.74 Å². The average molecular weight is 381 g/mol. The highest BCUT2D eigenvalue weighted by Gasteiger charge is 2.16. The highest BCUT2D eigenvalue weighted by Crippen LogP contribution is 2.26. The second-order valence-electron chi connectivity index (χ2n) is 6.67. The molecule has 4 rings (SSSR count). The Balaban J connectivity index is 1.73. The molecule has 0 atom stereocenters. The number of benzene rings is 4. The number of ether oxygens (including phenoxy) is 1. The summed E-state index contributed by atoms with van der Waals surface area (Å²) in [6.07, 6.45) is 1.65. The van der Waals surface area contributed by atoms with Gasteiger partial charge in [0.25, 0.3) is 0 Å². The van der Waals surface area contributed by atoms with E-state index in [1.807, 2.05) is 78.9 Å². The minimum Gasteiger partial charge on any atom is -0.421 e. The van der Waals surface area contributed by atoms with Crippen LogP contribution < -0.4 is 10.1 Å². The molecule has 4 heteroatoms. The standard InChI is InChI=1S/C25H19NO3/c1-17(27)26-23(16-20-12-6-10-18-8-2-4-13-21(18)20)25(28)29-24-15-7-11-19-9-3-5-14-22(19)24/h2-16H,1H3,(H,26,27)/b23-16-. The Kier molecular flexibility index (Phi) is 5.08. The zero-order valence-corrected chi connectivity index (χ0v) is 15.9. The SMILES string of the molecule is CC(=O)N/C(=C\c1cccc2ccccc12)C(=O)Oc1cccc2ccccc12. The van der Waals surface area contributed by atoms with Gasteiger partial charge in [0.1, 0.15) is 11.4 Å². The van der Waals surface area contributed by atoms with Gasteiger partial charge < -0.3 is 10.1 Å². The van der Waals surface area contributed by atoms with E-state index in [0.717, 1.165) is 27.1 Å². The van der Waals surface area contributed by atoms with Crippen LogP contribution in [0.25, 0.3) is 27.6 Å². The van der Waals surface area contributed by atoms with Gasteiger partial charge in [0, 0.05) is 12.3 Å². The second kappa shape index (κ2) is 7.98. The molecule has 0 saturated carbocycles. The van der Waals surface area contributed by atoms with Gasteiger partial charge in [-0.1, -0.05) is 78.9 Å². The van der Waals surface area contributed by atoms with Crippen LogP contribution in [0.3, 0.4) is 0 Å². The summed E-state index contributed by atoms with van der Waals surface area (Å²) in [7, 11) is 0. The third-order valence-electron chi connectivity index (χ3n) is 4.61. The third-order valence-corrected chi connectivity index (χ3v) is 4.61. The molecular formula is C25H19NO3. The zero-order chi connectivity index (χ0) is 20.2. The Morgan fingerprint density at radius 3 is 2.07 bits per heavy atom. The van der Waals surface area contributed by atoms with Crippen LogP contribution in [0, 0.1) is 0 Å². The van der Waals surface area contributed by atoms with E-state index in [1.54, 1.807) is 12.1 Å². The van der Waals surface area contributed by atoms with E-state index in [2.05, 4.69) is 5.32 Å². The van der Waals surface area contributed by atoms with Crippen molar-refractivity contribution >= 4 is 39.5 Å². The molecular weight excluding hydrogens is 362 g/mol. The number of carbonyl (C=O) groups is 2. The quantitative estimate of drug-likeness (QED) is 0.305. The molecule has 0 radical (unpaired) electrons. The summed E-state index contributed by atoms with van der Waals surface area (Å²) in [5.41, 5.74) is 0.906. The molecule has 0 aliphatic heterocycles. The maximum absolute atomic E-state index is 12.9. The Morgan fingerprint density at radius 2 is 1.34 bits per heavy atom. The van der Waals surface area contributed by atoms with E-state index >= 15 is 0 Å². The van der Waals surface area contributed by atoms with Gasteiger partial charge in [0.15, 0.2) is 0 Å². The minimum atomic E-state index is -0.621. The van der Waals surface area contributed by atoms with Gasteiger partial charge in [-0.3, -0.25) is 4.79 Å². The van der Waals surface area contributed by atoms with Crippen LogP contribution in [0.4, 0.5) is 0 Å². The molecule has 1 N–H and O–H groups in total. The van der Waals surface area contributed by atoms with Gasteiger partial charge in [-0.05, 0) is 33.9 Å². The number of fused-ring (bicyclic) bond motifs is 2. The van der Waals surface area contributed by atoms with Gasteiger partial charge in [0.05, 0.1) is 0 Å². The summed E-state index contributed by atoms with van der Waals surface area (Å²) in [6, 6.07) is 26.9. The molecule has 4 aromatic carbocycles. The molecule has 0 bridgehead atoms. The summed E-state index contributed by atoms with van der Waals surface area (Å²) >= 11 is 0. The molecule has 0 fully saturated rings. The second-order valence-corrected chi connectivity index (χ2v) is 6.67. The van der Waals surface area contributed by atoms with Crippen molar-refractivity contribution in [2.75, 3.05) is 0 Å². The molecule has 0 saturated heterocycles. The number of esters is 1. The summed E-state index contributed by atoms with van der Waals surface area (Å²) in [5.74, 6) is -0.516. The van der Waals surface area contributed by atoms with Crippen molar-refractivity contribution in [2.45, 2.75) is 6.92 Å². The van der Waals surface area contributed by atoms with Crippen LogP contribution in [0.15, 0.2) is 90.6 Å². The molecule has 0 aliphatic rings. The lowest BCUT2D eigenvalue weighted by atomic mass is 10.0. The average Bonchev–Trinajstić information content (AvgIpc) is 2.73. The van der Waals surface area contributed by atoms with E-state index < -0.39 is 5.97 Å². The maximum Gasteiger partial charge on any atom is 0.360 e. The fourth-order valence-corrected chi connectivity index (χ4v) is 3.31.